The van der Waals surface area contributed by atoms with Crippen LogP contribution in [0, 0.1) is 22.6 Å². The van der Waals surface area contributed by atoms with Gasteiger partial charge in [0, 0.05) is 25.4 Å². The van der Waals surface area contributed by atoms with Crippen LogP contribution in [0.5, 0.6) is 0 Å². The number of benzene rings is 1. The Morgan fingerprint density at radius 2 is 1.80 bits per heavy atom. The zero-order valence-electron chi connectivity index (χ0n) is 15.4. The smallest absolute Gasteiger partial charge is 0.224 e. The number of rotatable bonds is 5. The fourth-order valence-corrected chi connectivity index (χ4v) is 4.14. The van der Waals surface area contributed by atoms with Crippen LogP contribution in [0.3, 0.4) is 0 Å². The number of hydrogen-bond donors (Lipinski definition) is 1. The summed E-state index contributed by atoms with van der Waals surface area (Å²) in [5.74, 6) is -0.118. The lowest BCUT2D eigenvalue weighted by Gasteiger charge is -2.17. The molecular formula is C20H27FN2O2. The number of amides is 2. The minimum absolute atomic E-state index is 0.00195. The third kappa shape index (κ3) is 3.29. The monoisotopic (exact) mass is 346 g/mol. The van der Waals surface area contributed by atoms with Gasteiger partial charge < -0.3 is 10.2 Å². The molecule has 25 heavy (non-hydrogen) atoms. The third-order valence-corrected chi connectivity index (χ3v) is 6.43. The highest BCUT2D eigenvalue weighted by Gasteiger charge is 2.68. The first-order valence-corrected chi connectivity index (χ1v) is 8.95. The van der Waals surface area contributed by atoms with E-state index in [-0.39, 0.29) is 40.4 Å². The molecule has 0 unspecified atom stereocenters. The molecule has 1 aliphatic heterocycles. The molecule has 1 N–H and O–H groups in total. The quantitative estimate of drug-likeness (QED) is 0.891. The normalized spacial score (nSPS) is 24.4. The molecule has 2 aliphatic rings. The van der Waals surface area contributed by atoms with Crippen LogP contribution >= 0.6 is 0 Å². The summed E-state index contributed by atoms with van der Waals surface area (Å²) in [5.41, 5.74) is 1.01. The van der Waals surface area contributed by atoms with E-state index in [2.05, 4.69) is 33.0 Å². The number of hydrogen-bond acceptors (Lipinski definition) is 2. The maximum absolute atomic E-state index is 12.9. The van der Waals surface area contributed by atoms with Crippen LogP contribution in [0.15, 0.2) is 24.3 Å². The van der Waals surface area contributed by atoms with Crippen LogP contribution < -0.4 is 5.32 Å². The average Bonchev–Trinajstić information content (AvgIpc) is 2.76. The molecule has 2 amide bonds. The SMILES string of the molecule is CC1(C)C(C(=O)N[C@H]2CC(=O)N(CCc3ccc(F)cc3)C2)C1(C)C. The highest BCUT2D eigenvalue weighted by Crippen LogP contribution is 2.68. The summed E-state index contributed by atoms with van der Waals surface area (Å²) in [7, 11) is 0. The predicted octanol–water partition coefficient (Wildman–Crippen LogP) is 2.77. The fourth-order valence-electron chi connectivity index (χ4n) is 4.14. The van der Waals surface area contributed by atoms with Gasteiger partial charge in [-0.25, -0.2) is 4.39 Å². The summed E-state index contributed by atoms with van der Waals surface area (Å²) in [5, 5.41) is 3.07. The topological polar surface area (TPSA) is 49.4 Å². The van der Waals surface area contributed by atoms with E-state index in [0.29, 0.717) is 25.9 Å². The molecule has 3 rings (SSSR count). The Bertz CT molecular complexity index is 667. The van der Waals surface area contributed by atoms with Crippen molar-refractivity contribution >= 4 is 11.8 Å². The molecule has 136 valence electrons. The van der Waals surface area contributed by atoms with Crippen molar-refractivity contribution in [1.29, 1.82) is 0 Å². The molecule has 1 saturated heterocycles. The van der Waals surface area contributed by atoms with Crippen LogP contribution in [-0.2, 0) is 16.0 Å². The first kappa shape index (κ1) is 17.9. The van der Waals surface area contributed by atoms with E-state index in [1.165, 1.54) is 12.1 Å². The molecule has 0 radical (unpaired) electrons. The van der Waals surface area contributed by atoms with Crippen LogP contribution in [-0.4, -0.2) is 35.8 Å². The second-order valence-corrected chi connectivity index (χ2v) is 8.50. The number of likely N-dealkylation sites (tertiary alicyclic amines) is 1. The predicted molar refractivity (Wildman–Crippen MR) is 94.3 cm³/mol. The van der Waals surface area contributed by atoms with Crippen molar-refractivity contribution in [2.45, 2.75) is 46.6 Å². The lowest BCUT2D eigenvalue weighted by atomic mass is 10.0. The summed E-state index contributed by atoms with van der Waals surface area (Å²) in [6.07, 6.45) is 1.05. The molecule has 2 fully saturated rings. The first-order chi connectivity index (χ1) is 11.6. The summed E-state index contributed by atoms with van der Waals surface area (Å²) in [6.45, 7) is 9.62. The zero-order chi connectivity index (χ0) is 18.4. The van der Waals surface area contributed by atoms with Crippen LogP contribution in [0.4, 0.5) is 4.39 Å². The number of nitrogens with one attached hydrogen (secondary N) is 1. The lowest BCUT2D eigenvalue weighted by molar-refractivity contribution is -0.127. The minimum atomic E-state index is -0.255. The van der Waals surface area contributed by atoms with Crippen molar-refractivity contribution in [2.24, 2.45) is 16.7 Å². The van der Waals surface area contributed by atoms with Crippen molar-refractivity contribution in [1.82, 2.24) is 10.2 Å². The Morgan fingerprint density at radius 1 is 1.20 bits per heavy atom. The molecule has 0 aromatic heterocycles. The highest BCUT2D eigenvalue weighted by atomic mass is 19.1. The van der Waals surface area contributed by atoms with E-state index < -0.39 is 0 Å². The molecule has 1 heterocycles. The molecule has 1 atom stereocenters. The Kier molecular flexibility index (Phi) is 4.38. The van der Waals surface area contributed by atoms with Gasteiger partial charge in [-0.3, -0.25) is 9.59 Å². The van der Waals surface area contributed by atoms with E-state index in [4.69, 9.17) is 0 Å². The molecule has 0 bridgehead atoms. The van der Waals surface area contributed by atoms with Crippen molar-refractivity contribution in [3.8, 4) is 0 Å². The van der Waals surface area contributed by atoms with E-state index in [9.17, 15) is 14.0 Å². The molecular weight excluding hydrogens is 319 g/mol. The number of nitrogens with zero attached hydrogens (tertiary/aromatic N) is 1. The Balaban J connectivity index is 1.51. The van der Waals surface area contributed by atoms with Gasteiger partial charge in [0.15, 0.2) is 0 Å². The van der Waals surface area contributed by atoms with E-state index in [0.717, 1.165) is 5.56 Å². The van der Waals surface area contributed by atoms with Gasteiger partial charge in [0.05, 0.1) is 6.04 Å². The van der Waals surface area contributed by atoms with Gasteiger partial charge >= 0.3 is 0 Å². The van der Waals surface area contributed by atoms with Crippen molar-refractivity contribution in [3.63, 3.8) is 0 Å². The van der Waals surface area contributed by atoms with Gasteiger partial charge in [-0.15, -0.1) is 0 Å². The van der Waals surface area contributed by atoms with Crippen LogP contribution in [0.1, 0.15) is 39.7 Å². The van der Waals surface area contributed by atoms with Gasteiger partial charge in [-0.2, -0.15) is 0 Å². The number of halogens is 1. The molecule has 1 aromatic rings. The maximum Gasteiger partial charge on any atom is 0.224 e. The van der Waals surface area contributed by atoms with Gasteiger partial charge in [0.25, 0.3) is 0 Å². The Morgan fingerprint density at radius 3 is 2.36 bits per heavy atom. The van der Waals surface area contributed by atoms with E-state index in [1.54, 1.807) is 17.0 Å². The summed E-state index contributed by atoms with van der Waals surface area (Å²) in [4.78, 5) is 26.5. The van der Waals surface area contributed by atoms with Crippen LogP contribution in [0.2, 0.25) is 0 Å². The van der Waals surface area contributed by atoms with E-state index in [1.807, 2.05) is 0 Å². The van der Waals surface area contributed by atoms with Crippen molar-refractivity contribution < 1.29 is 14.0 Å². The third-order valence-electron chi connectivity index (χ3n) is 6.43. The zero-order valence-corrected chi connectivity index (χ0v) is 15.4. The Hall–Kier alpha value is -1.91. The second-order valence-electron chi connectivity index (χ2n) is 8.50. The van der Waals surface area contributed by atoms with Crippen LogP contribution in [0.25, 0.3) is 0 Å². The first-order valence-electron chi connectivity index (χ1n) is 8.95. The molecule has 0 spiro atoms. The molecule has 1 aliphatic carbocycles. The molecule has 4 nitrogen and oxygen atoms in total. The number of carbonyl (C=O) groups is 2. The number of carbonyl (C=O) groups excluding carboxylic acids is 2. The van der Waals surface area contributed by atoms with Crippen molar-refractivity contribution in [2.75, 3.05) is 13.1 Å². The van der Waals surface area contributed by atoms with Gasteiger partial charge in [-0.1, -0.05) is 39.8 Å². The van der Waals surface area contributed by atoms with Gasteiger partial charge in [-0.05, 0) is 34.9 Å². The maximum atomic E-state index is 12.9. The largest absolute Gasteiger partial charge is 0.351 e. The van der Waals surface area contributed by atoms with Gasteiger partial charge in [0.1, 0.15) is 5.82 Å². The summed E-state index contributed by atoms with van der Waals surface area (Å²) in [6, 6.07) is 6.24. The standard InChI is InChI=1S/C20H27FN2O2/c1-19(2)17(20(19,3)4)18(25)22-15-11-16(24)23(12-15)10-9-13-5-7-14(21)8-6-13/h5-8,15,17H,9-12H2,1-4H3,(H,22,25)/t15-/m0/s1. The fraction of sp³-hybridized carbons (Fsp3) is 0.600. The minimum Gasteiger partial charge on any atom is -0.351 e. The lowest BCUT2D eigenvalue weighted by Crippen LogP contribution is -2.39. The summed E-state index contributed by atoms with van der Waals surface area (Å²) >= 11 is 0. The summed E-state index contributed by atoms with van der Waals surface area (Å²) < 4.78 is 12.9. The Labute approximate surface area is 148 Å². The molecule has 1 saturated carbocycles. The van der Waals surface area contributed by atoms with Gasteiger partial charge in [0.2, 0.25) is 11.8 Å². The molecule has 5 heteroatoms. The van der Waals surface area contributed by atoms with E-state index >= 15 is 0 Å². The molecule has 1 aromatic carbocycles. The van der Waals surface area contributed by atoms with Crippen molar-refractivity contribution in [3.05, 3.63) is 35.6 Å². The highest BCUT2D eigenvalue weighted by molar-refractivity contribution is 5.86. The second kappa shape index (κ2) is 6.11. The average molecular weight is 346 g/mol.